The minimum Gasteiger partial charge on any atom is -0.494 e. The molecule has 0 radical (unpaired) electrons. The third kappa shape index (κ3) is 9.81. The lowest BCUT2D eigenvalue weighted by molar-refractivity contribution is -0.143. The van der Waals surface area contributed by atoms with Crippen LogP contribution in [0.3, 0.4) is 0 Å². The Bertz CT molecular complexity index is 596. The molecule has 2 rings (SSSR count). The molecule has 1 aromatic rings. The van der Waals surface area contributed by atoms with Crippen molar-refractivity contribution in [2.75, 3.05) is 39.8 Å². The first-order chi connectivity index (χ1) is 12.9. The maximum absolute atomic E-state index is 12.4. The Morgan fingerprint density at radius 2 is 1.96 bits per heavy atom. The van der Waals surface area contributed by atoms with Gasteiger partial charge in [-0.15, -0.1) is 24.0 Å². The van der Waals surface area contributed by atoms with Crippen LogP contribution in [0.1, 0.15) is 24.8 Å². The molecule has 0 amide bonds. The number of aryl methyl sites for hydroxylation is 1. The Morgan fingerprint density at radius 1 is 1.25 bits per heavy atom. The van der Waals surface area contributed by atoms with E-state index in [2.05, 4.69) is 15.6 Å². The number of nitrogens with one attached hydrogen (secondary N) is 2. The van der Waals surface area contributed by atoms with Crippen LogP contribution in [0.25, 0.3) is 0 Å². The molecule has 1 aliphatic rings. The number of ether oxygens (including phenoxy) is 1. The summed E-state index contributed by atoms with van der Waals surface area (Å²) in [6.07, 6.45) is -1.64. The number of unbranched alkanes of at least 4 members (excludes halogenated alkanes) is 1. The maximum atomic E-state index is 12.4. The summed E-state index contributed by atoms with van der Waals surface area (Å²) in [5, 5.41) is 6.41. The zero-order chi connectivity index (χ0) is 19.7. The lowest BCUT2D eigenvalue weighted by atomic mass is 10.2. The highest BCUT2D eigenvalue weighted by atomic mass is 127. The molecule has 9 heteroatoms. The number of guanidine groups is 1. The second kappa shape index (κ2) is 12.4. The van der Waals surface area contributed by atoms with E-state index in [9.17, 15) is 13.2 Å². The highest BCUT2D eigenvalue weighted by Crippen LogP contribution is 2.19. The van der Waals surface area contributed by atoms with Crippen molar-refractivity contribution in [2.45, 2.75) is 38.4 Å². The zero-order valence-electron chi connectivity index (χ0n) is 16.4. The molecular weight excluding hydrogens is 484 g/mol. The molecule has 160 valence electrons. The molecule has 1 fully saturated rings. The predicted octanol–water partition coefficient (Wildman–Crippen LogP) is 3.57. The SMILES string of the molecule is CN=C(NCCCCOc1ccc(C)cc1)NC1CCN(CC(F)(F)F)C1.I. The van der Waals surface area contributed by atoms with E-state index in [0.717, 1.165) is 25.1 Å². The van der Waals surface area contributed by atoms with E-state index >= 15 is 0 Å². The van der Waals surface area contributed by atoms with Crippen LogP contribution in [0.15, 0.2) is 29.3 Å². The van der Waals surface area contributed by atoms with Crippen LogP contribution in [-0.2, 0) is 0 Å². The average Bonchev–Trinajstić information content (AvgIpc) is 3.03. The Labute approximate surface area is 182 Å². The fraction of sp³-hybridized carbons (Fsp3) is 0.632. The third-order valence-electron chi connectivity index (χ3n) is 4.39. The monoisotopic (exact) mass is 514 g/mol. The summed E-state index contributed by atoms with van der Waals surface area (Å²) in [5.41, 5.74) is 1.20. The smallest absolute Gasteiger partial charge is 0.401 e. The summed E-state index contributed by atoms with van der Waals surface area (Å²) in [7, 11) is 1.66. The van der Waals surface area contributed by atoms with Gasteiger partial charge in [-0.1, -0.05) is 17.7 Å². The summed E-state index contributed by atoms with van der Waals surface area (Å²) in [6.45, 7) is 3.39. The van der Waals surface area contributed by atoms with Gasteiger partial charge in [-0.25, -0.2) is 0 Å². The van der Waals surface area contributed by atoms with Gasteiger partial charge in [0.15, 0.2) is 5.96 Å². The van der Waals surface area contributed by atoms with Crippen LogP contribution in [0.2, 0.25) is 0 Å². The van der Waals surface area contributed by atoms with Crippen molar-refractivity contribution in [1.29, 1.82) is 0 Å². The van der Waals surface area contributed by atoms with Gasteiger partial charge in [0.25, 0.3) is 0 Å². The van der Waals surface area contributed by atoms with Crippen molar-refractivity contribution in [3.05, 3.63) is 29.8 Å². The maximum Gasteiger partial charge on any atom is 0.401 e. The van der Waals surface area contributed by atoms with Crippen molar-refractivity contribution in [2.24, 2.45) is 4.99 Å². The summed E-state index contributed by atoms with van der Waals surface area (Å²) >= 11 is 0. The minimum absolute atomic E-state index is 0. The summed E-state index contributed by atoms with van der Waals surface area (Å²) < 4.78 is 43.0. The topological polar surface area (TPSA) is 48.9 Å². The summed E-state index contributed by atoms with van der Waals surface area (Å²) in [4.78, 5) is 5.57. The minimum atomic E-state index is -4.14. The lowest BCUT2D eigenvalue weighted by Gasteiger charge is -2.19. The van der Waals surface area contributed by atoms with E-state index in [1.54, 1.807) is 7.05 Å². The van der Waals surface area contributed by atoms with Crippen LogP contribution >= 0.6 is 24.0 Å². The van der Waals surface area contributed by atoms with Crippen LogP contribution in [-0.4, -0.2) is 62.9 Å². The number of alkyl halides is 3. The van der Waals surface area contributed by atoms with Gasteiger partial charge in [-0.2, -0.15) is 13.2 Å². The van der Waals surface area contributed by atoms with Crippen LogP contribution in [0.4, 0.5) is 13.2 Å². The van der Waals surface area contributed by atoms with E-state index in [4.69, 9.17) is 4.74 Å². The molecule has 0 bridgehead atoms. The highest BCUT2D eigenvalue weighted by molar-refractivity contribution is 14.0. The van der Waals surface area contributed by atoms with Crippen molar-refractivity contribution in [3.63, 3.8) is 0 Å². The number of likely N-dealkylation sites (tertiary alicyclic amines) is 1. The first kappa shape index (κ1) is 24.8. The summed E-state index contributed by atoms with van der Waals surface area (Å²) in [6, 6.07) is 7.95. The highest BCUT2D eigenvalue weighted by Gasteiger charge is 2.34. The number of hydrogen-bond donors (Lipinski definition) is 2. The number of halogens is 4. The number of rotatable bonds is 8. The average molecular weight is 514 g/mol. The third-order valence-corrected chi connectivity index (χ3v) is 4.39. The molecule has 0 aromatic heterocycles. The van der Waals surface area contributed by atoms with E-state index in [1.807, 2.05) is 31.2 Å². The van der Waals surface area contributed by atoms with Crippen molar-refractivity contribution < 1.29 is 17.9 Å². The van der Waals surface area contributed by atoms with Gasteiger partial charge < -0.3 is 15.4 Å². The van der Waals surface area contributed by atoms with Gasteiger partial charge in [0.2, 0.25) is 0 Å². The molecule has 1 heterocycles. The van der Waals surface area contributed by atoms with Crippen molar-refractivity contribution in [1.82, 2.24) is 15.5 Å². The van der Waals surface area contributed by atoms with Gasteiger partial charge >= 0.3 is 6.18 Å². The van der Waals surface area contributed by atoms with E-state index in [0.29, 0.717) is 32.1 Å². The Morgan fingerprint density at radius 3 is 2.61 bits per heavy atom. The first-order valence-electron chi connectivity index (χ1n) is 9.31. The van der Waals surface area contributed by atoms with Gasteiger partial charge in [-0.3, -0.25) is 9.89 Å². The van der Waals surface area contributed by atoms with Crippen LogP contribution < -0.4 is 15.4 Å². The molecule has 0 aliphatic carbocycles. The molecule has 0 spiro atoms. The molecule has 1 aromatic carbocycles. The Hall–Kier alpha value is -1.23. The number of aliphatic imine (C=N–C) groups is 1. The molecule has 1 aliphatic heterocycles. The van der Waals surface area contributed by atoms with E-state index < -0.39 is 12.7 Å². The van der Waals surface area contributed by atoms with Crippen molar-refractivity contribution >= 4 is 29.9 Å². The van der Waals surface area contributed by atoms with E-state index in [1.165, 1.54) is 10.5 Å². The molecule has 1 unspecified atom stereocenters. The first-order valence-corrected chi connectivity index (χ1v) is 9.31. The Kier molecular flexibility index (Phi) is 10.9. The molecule has 1 atom stereocenters. The number of benzene rings is 1. The van der Waals surface area contributed by atoms with Gasteiger partial charge in [0, 0.05) is 32.7 Å². The van der Waals surface area contributed by atoms with Crippen molar-refractivity contribution in [3.8, 4) is 5.75 Å². The van der Waals surface area contributed by atoms with Gasteiger partial charge in [-0.05, 0) is 38.3 Å². The molecule has 0 saturated carbocycles. The molecular formula is C19H30F3IN4O. The van der Waals surface area contributed by atoms with Crippen LogP contribution in [0.5, 0.6) is 5.75 Å². The number of hydrogen-bond acceptors (Lipinski definition) is 3. The molecule has 5 nitrogen and oxygen atoms in total. The Balaban J connectivity index is 0.00000392. The van der Waals surface area contributed by atoms with E-state index in [-0.39, 0.29) is 30.0 Å². The summed E-state index contributed by atoms with van der Waals surface area (Å²) in [5.74, 6) is 1.50. The molecule has 2 N–H and O–H groups in total. The van der Waals surface area contributed by atoms with Crippen LogP contribution in [0, 0.1) is 6.92 Å². The zero-order valence-corrected chi connectivity index (χ0v) is 18.7. The largest absolute Gasteiger partial charge is 0.494 e. The van der Waals surface area contributed by atoms with Gasteiger partial charge in [0.1, 0.15) is 5.75 Å². The fourth-order valence-corrected chi connectivity index (χ4v) is 2.99. The second-order valence-electron chi connectivity index (χ2n) is 6.85. The molecule has 1 saturated heterocycles. The lowest BCUT2D eigenvalue weighted by Crippen LogP contribution is -2.45. The predicted molar refractivity (Wildman–Crippen MR) is 117 cm³/mol. The van der Waals surface area contributed by atoms with Gasteiger partial charge in [0.05, 0.1) is 13.2 Å². The second-order valence-corrected chi connectivity index (χ2v) is 6.85. The quantitative estimate of drug-likeness (QED) is 0.241. The standard InChI is InChI=1S/C19H29F3N4O.HI/c1-15-5-7-17(8-6-15)27-12-4-3-10-24-18(23-2)25-16-9-11-26(13-16)14-19(20,21)22;/h5-8,16H,3-4,9-14H2,1-2H3,(H2,23,24,25);1H. The normalized spacial score (nSPS) is 17.9. The number of nitrogens with zero attached hydrogens (tertiary/aromatic N) is 2. The molecule has 28 heavy (non-hydrogen) atoms. The fourth-order valence-electron chi connectivity index (χ4n) is 2.99.